The van der Waals surface area contributed by atoms with Crippen LogP contribution in [0.4, 0.5) is 0 Å². The molecule has 8 heteroatoms. The molecule has 3 heterocycles. The molecule has 2 aromatic carbocycles. The molecule has 2 saturated heterocycles. The lowest BCUT2D eigenvalue weighted by molar-refractivity contribution is -0.0519. The first-order chi connectivity index (χ1) is 12.1. The molecule has 0 N–H and O–H groups in total. The van der Waals surface area contributed by atoms with Gasteiger partial charge in [0.2, 0.25) is 0 Å². The molecule has 2 fully saturated rings. The molecule has 0 aliphatic carbocycles. The SMILES string of the molecule is O=S1OC2[C@H](COC[C@@H]2n2c3ccc(Cl)cc3c3cc(Cl)ccc32)O1. The van der Waals surface area contributed by atoms with Gasteiger partial charge in [0.25, 0.3) is 0 Å². The summed E-state index contributed by atoms with van der Waals surface area (Å²) in [6, 6.07) is 11.4. The minimum Gasteiger partial charge on any atom is -0.376 e. The van der Waals surface area contributed by atoms with Crippen molar-refractivity contribution in [2.24, 2.45) is 0 Å². The van der Waals surface area contributed by atoms with Gasteiger partial charge in [0.1, 0.15) is 12.2 Å². The van der Waals surface area contributed by atoms with Gasteiger partial charge in [0.15, 0.2) is 0 Å². The molecular weight excluding hydrogens is 385 g/mol. The second kappa shape index (κ2) is 5.94. The zero-order valence-corrected chi connectivity index (χ0v) is 15.2. The predicted molar refractivity (Wildman–Crippen MR) is 97.2 cm³/mol. The van der Waals surface area contributed by atoms with Crippen LogP contribution in [-0.2, 0) is 24.5 Å². The number of halogens is 2. The van der Waals surface area contributed by atoms with Crippen molar-refractivity contribution in [2.45, 2.75) is 18.2 Å². The van der Waals surface area contributed by atoms with Crippen LogP contribution in [0.1, 0.15) is 6.04 Å². The third kappa shape index (κ3) is 2.51. The van der Waals surface area contributed by atoms with Gasteiger partial charge >= 0.3 is 11.4 Å². The molecular formula is C17H13Cl2NO4S. The van der Waals surface area contributed by atoms with Crippen molar-refractivity contribution in [3.8, 4) is 0 Å². The number of fused-ring (bicyclic) bond motifs is 4. The van der Waals surface area contributed by atoms with Crippen molar-refractivity contribution in [1.29, 1.82) is 0 Å². The third-order valence-electron chi connectivity index (χ3n) is 4.77. The first kappa shape index (κ1) is 16.1. The van der Waals surface area contributed by atoms with Gasteiger partial charge in [-0.15, -0.1) is 0 Å². The summed E-state index contributed by atoms with van der Waals surface area (Å²) in [5, 5.41) is 3.33. The van der Waals surface area contributed by atoms with Crippen molar-refractivity contribution in [1.82, 2.24) is 4.57 Å². The number of hydrogen-bond donors (Lipinski definition) is 0. The van der Waals surface area contributed by atoms with Crippen molar-refractivity contribution in [3.05, 3.63) is 46.4 Å². The smallest absolute Gasteiger partial charge is 0.305 e. The van der Waals surface area contributed by atoms with Gasteiger partial charge < -0.3 is 9.30 Å². The molecule has 2 aliphatic rings. The second-order valence-corrected chi connectivity index (χ2v) is 7.86. The largest absolute Gasteiger partial charge is 0.376 e. The van der Waals surface area contributed by atoms with E-state index in [1.165, 1.54) is 0 Å². The third-order valence-corrected chi connectivity index (χ3v) is 6.02. The molecule has 2 aliphatic heterocycles. The maximum Gasteiger partial charge on any atom is 0.305 e. The van der Waals surface area contributed by atoms with Crippen LogP contribution in [-0.4, -0.2) is 34.2 Å². The molecule has 5 rings (SSSR count). The summed E-state index contributed by atoms with van der Waals surface area (Å²) >= 11 is 10.7. The lowest BCUT2D eigenvalue weighted by atomic mass is 10.0. The Morgan fingerprint density at radius 2 is 1.60 bits per heavy atom. The van der Waals surface area contributed by atoms with Crippen LogP contribution >= 0.6 is 23.2 Å². The van der Waals surface area contributed by atoms with Crippen LogP contribution in [0.25, 0.3) is 21.8 Å². The number of ether oxygens (including phenoxy) is 1. The highest BCUT2D eigenvalue weighted by atomic mass is 35.5. The Kier molecular flexibility index (Phi) is 3.82. The van der Waals surface area contributed by atoms with Crippen molar-refractivity contribution in [3.63, 3.8) is 0 Å². The molecule has 5 nitrogen and oxygen atoms in total. The molecule has 0 bridgehead atoms. The maximum absolute atomic E-state index is 11.7. The molecule has 130 valence electrons. The van der Waals surface area contributed by atoms with E-state index in [4.69, 9.17) is 36.3 Å². The Hall–Kier alpha value is -1.15. The maximum atomic E-state index is 11.7. The zero-order valence-electron chi connectivity index (χ0n) is 12.9. The fourth-order valence-electron chi connectivity index (χ4n) is 3.74. The van der Waals surface area contributed by atoms with Crippen LogP contribution in [0.5, 0.6) is 0 Å². The second-order valence-electron chi connectivity index (χ2n) is 6.20. The highest BCUT2D eigenvalue weighted by Gasteiger charge is 2.45. The molecule has 0 amide bonds. The van der Waals surface area contributed by atoms with Crippen molar-refractivity contribution < 1.29 is 17.3 Å². The lowest BCUT2D eigenvalue weighted by Crippen LogP contribution is -2.43. The van der Waals surface area contributed by atoms with E-state index in [0.29, 0.717) is 23.3 Å². The Morgan fingerprint density at radius 3 is 2.24 bits per heavy atom. The number of rotatable bonds is 1. The van der Waals surface area contributed by atoms with Gasteiger partial charge in [-0.05, 0) is 36.4 Å². The highest BCUT2D eigenvalue weighted by molar-refractivity contribution is 7.75. The van der Waals surface area contributed by atoms with Crippen LogP contribution in [0.2, 0.25) is 10.0 Å². The van der Waals surface area contributed by atoms with Crippen LogP contribution in [0.3, 0.4) is 0 Å². The topological polar surface area (TPSA) is 49.7 Å². The van der Waals surface area contributed by atoms with E-state index in [2.05, 4.69) is 4.57 Å². The summed E-state index contributed by atoms with van der Waals surface area (Å²) in [5.41, 5.74) is 1.99. The molecule has 1 aromatic heterocycles. The number of hydrogen-bond acceptors (Lipinski definition) is 4. The first-order valence-corrected chi connectivity index (χ1v) is 9.60. The van der Waals surface area contributed by atoms with E-state index in [-0.39, 0.29) is 18.2 Å². The van der Waals surface area contributed by atoms with E-state index in [1.807, 2.05) is 36.4 Å². The summed E-state index contributed by atoms with van der Waals surface area (Å²) < 4.78 is 30.4. The monoisotopic (exact) mass is 397 g/mol. The standard InChI is InChI=1S/C17H13Cl2NO4S/c18-9-1-3-13-11(5-9)12-6-10(19)2-4-14(12)20(13)15-7-22-8-16-17(15)24-25(21)23-16/h1-6,15-17H,7-8H2/t15-,16-,17?,25?/m0/s1. The summed E-state index contributed by atoms with van der Waals surface area (Å²) in [6.07, 6.45) is -0.675. The Balaban J connectivity index is 1.78. The average molecular weight is 398 g/mol. The van der Waals surface area contributed by atoms with E-state index >= 15 is 0 Å². The van der Waals surface area contributed by atoms with Gasteiger partial charge in [-0.25, -0.2) is 0 Å². The normalized spacial score (nSPS) is 29.4. The van der Waals surface area contributed by atoms with Gasteiger partial charge in [-0.3, -0.25) is 8.37 Å². The van der Waals surface area contributed by atoms with Gasteiger partial charge in [-0.2, -0.15) is 4.21 Å². The minimum absolute atomic E-state index is 0.160. The molecule has 4 atom stereocenters. The molecule has 25 heavy (non-hydrogen) atoms. The molecule has 0 saturated carbocycles. The van der Waals surface area contributed by atoms with Crippen LogP contribution < -0.4 is 0 Å². The molecule has 2 unspecified atom stereocenters. The van der Waals surface area contributed by atoms with Crippen LogP contribution in [0.15, 0.2) is 36.4 Å². The summed E-state index contributed by atoms with van der Waals surface area (Å²) in [5.74, 6) is 0. The average Bonchev–Trinajstić information content (AvgIpc) is 3.11. The van der Waals surface area contributed by atoms with Crippen LogP contribution in [0, 0.1) is 0 Å². The number of benzene rings is 2. The van der Waals surface area contributed by atoms with E-state index < -0.39 is 11.4 Å². The van der Waals surface area contributed by atoms with E-state index in [1.54, 1.807) is 0 Å². The number of aromatic nitrogens is 1. The fraction of sp³-hybridized carbons (Fsp3) is 0.294. The number of nitrogens with zero attached hydrogens (tertiary/aromatic N) is 1. The Bertz CT molecular complexity index is 961. The molecule has 0 spiro atoms. The highest BCUT2D eigenvalue weighted by Crippen LogP contribution is 2.39. The summed E-state index contributed by atoms with van der Waals surface area (Å²) in [7, 11) is 0. The summed E-state index contributed by atoms with van der Waals surface area (Å²) in [4.78, 5) is 0. The van der Waals surface area contributed by atoms with Crippen molar-refractivity contribution >= 4 is 56.4 Å². The minimum atomic E-state index is -1.74. The zero-order chi connectivity index (χ0) is 17.1. The fourth-order valence-corrected chi connectivity index (χ4v) is 4.93. The van der Waals surface area contributed by atoms with Gasteiger partial charge in [-0.1, -0.05) is 23.2 Å². The first-order valence-electron chi connectivity index (χ1n) is 7.84. The van der Waals surface area contributed by atoms with Gasteiger partial charge in [0, 0.05) is 31.9 Å². The summed E-state index contributed by atoms with van der Waals surface area (Å²) in [6.45, 7) is 0.827. The Labute approximate surface area is 156 Å². The van der Waals surface area contributed by atoms with E-state index in [0.717, 1.165) is 21.8 Å². The van der Waals surface area contributed by atoms with Crippen molar-refractivity contribution in [2.75, 3.05) is 13.2 Å². The predicted octanol–water partition coefficient (Wildman–Crippen LogP) is 4.04. The van der Waals surface area contributed by atoms with E-state index in [9.17, 15) is 4.21 Å². The Morgan fingerprint density at radius 1 is 0.960 bits per heavy atom. The quantitative estimate of drug-likeness (QED) is 0.621. The van der Waals surface area contributed by atoms with Gasteiger partial charge in [0.05, 0.1) is 19.3 Å². The molecule has 3 aromatic rings. The lowest BCUT2D eigenvalue weighted by Gasteiger charge is -2.32. The molecule has 0 radical (unpaired) electrons.